The first kappa shape index (κ1) is 26.0. The zero-order valence-electron chi connectivity index (χ0n) is 24.6. The Balaban J connectivity index is 1.50. The van der Waals surface area contributed by atoms with E-state index in [1.54, 1.807) is 0 Å². The molecule has 0 atom stereocenters. The molecule has 1 aliphatic rings. The lowest BCUT2D eigenvalue weighted by atomic mass is 9.33. The number of anilines is 3. The molecule has 0 saturated carbocycles. The Morgan fingerprint density at radius 2 is 1.12 bits per heavy atom. The van der Waals surface area contributed by atoms with E-state index in [0.717, 1.165) is 11.3 Å². The van der Waals surface area contributed by atoms with Crippen molar-refractivity contribution in [2.24, 2.45) is 0 Å². The zero-order valence-corrected chi connectivity index (χ0v) is 24.6. The van der Waals surface area contributed by atoms with Gasteiger partial charge in [0, 0.05) is 23.1 Å². The lowest BCUT2D eigenvalue weighted by Crippen LogP contribution is -2.58. The highest BCUT2D eigenvalue weighted by Crippen LogP contribution is 2.40. The molecule has 42 heavy (non-hydrogen) atoms. The third-order valence-corrected chi connectivity index (χ3v) is 8.72. The molecule has 202 valence electrons. The molecule has 0 N–H and O–H groups in total. The van der Waals surface area contributed by atoms with Crippen molar-refractivity contribution in [2.45, 2.75) is 27.7 Å². The fourth-order valence-corrected chi connectivity index (χ4v) is 6.77. The summed E-state index contributed by atoms with van der Waals surface area (Å²) in [5.74, 6) is 0. The Kier molecular flexibility index (Phi) is 6.51. The number of hydrogen-bond donors (Lipinski definition) is 0. The number of fused-ring (bicyclic) bond motifs is 2. The van der Waals surface area contributed by atoms with Crippen LogP contribution in [-0.2, 0) is 0 Å². The van der Waals surface area contributed by atoms with Crippen molar-refractivity contribution in [3.05, 3.63) is 150 Å². The minimum atomic E-state index is 0.119. The van der Waals surface area contributed by atoms with E-state index in [0.29, 0.717) is 0 Å². The van der Waals surface area contributed by atoms with Gasteiger partial charge in [-0.25, -0.2) is 0 Å². The maximum absolute atomic E-state index is 4.70. The number of aromatic nitrogens is 1. The first-order valence-corrected chi connectivity index (χ1v) is 14.7. The van der Waals surface area contributed by atoms with E-state index < -0.39 is 0 Å². The fourth-order valence-electron chi connectivity index (χ4n) is 6.77. The molecular weight excluding hydrogens is 507 g/mol. The molecule has 5 aromatic carbocycles. The Morgan fingerprint density at radius 1 is 0.500 bits per heavy atom. The van der Waals surface area contributed by atoms with Crippen LogP contribution in [0.4, 0.5) is 17.1 Å². The molecule has 3 heteroatoms. The SMILES string of the molecule is Cc1cccc(C)c1B1c2ccccc2N(c2c(C)cccc2C)c2ccc(-c3ccnc(-c4ccccc4)c3)cc21. The van der Waals surface area contributed by atoms with Crippen LogP contribution >= 0.6 is 0 Å². The van der Waals surface area contributed by atoms with E-state index in [1.807, 2.05) is 12.3 Å². The molecule has 0 unspecified atom stereocenters. The number of nitrogens with zero attached hydrogens (tertiary/aromatic N) is 2. The highest BCUT2D eigenvalue weighted by Gasteiger charge is 2.37. The van der Waals surface area contributed by atoms with Gasteiger partial charge in [0.2, 0.25) is 6.71 Å². The standard InChI is InChI=1S/C39H33BN2/c1-26-12-10-13-27(2)38(26)40-33-18-8-9-19-36(33)42(39-28(3)14-11-15-29(39)4)37-21-20-31(24-34(37)40)32-22-23-41-35(25-32)30-16-6-5-7-17-30/h5-25H,1-4H3. The highest BCUT2D eigenvalue weighted by atomic mass is 15.2. The third kappa shape index (κ3) is 4.33. The van der Waals surface area contributed by atoms with E-state index in [4.69, 9.17) is 4.98 Å². The Morgan fingerprint density at radius 3 is 1.86 bits per heavy atom. The number of benzene rings is 5. The van der Waals surface area contributed by atoms with Gasteiger partial charge in [-0.15, -0.1) is 0 Å². The van der Waals surface area contributed by atoms with Crippen LogP contribution in [0.25, 0.3) is 22.4 Å². The number of aryl methyl sites for hydroxylation is 4. The topological polar surface area (TPSA) is 16.1 Å². The molecule has 7 rings (SSSR count). The van der Waals surface area contributed by atoms with Crippen LogP contribution in [-0.4, -0.2) is 11.7 Å². The summed E-state index contributed by atoms with van der Waals surface area (Å²) in [4.78, 5) is 7.19. The van der Waals surface area contributed by atoms with Gasteiger partial charge in [0.05, 0.1) is 11.4 Å². The van der Waals surface area contributed by atoms with E-state index >= 15 is 0 Å². The van der Waals surface area contributed by atoms with Crippen LogP contribution in [0.15, 0.2) is 128 Å². The molecule has 0 spiro atoms. The average Bonchev–Trinajstić information content (AvgIpc) is 3.02. The van der Waals surface area contributed by atoms with Gasteiger partial charge in [-0.05, 0) is 85.1 Å². The van der Waals surface area contributed by atoms with E-state index in [-0.39, 0.29) is 6.71 Å². The quantitative estimate of drug-likeness (QED) is 0.211. The van der Waals surface area contributed by atoms with E-state index in [9.17, 15) is 0 Å². The van der Waals surface area contributed by atoms with Crippen molar-refractivity contribution in [3.8, 4) is 22.4 Å². The Hall–Kier alpha value is -4.89. The predicted molar refractivity (Wildman–Crippen MR) is 180 cm³/mol. The van der Waals surface area contributed by atoms with Crippen molar-refractivity contribution in [1.82, 2.24) is 4.98 Å². The van der Waals surface area contributed by atoms with Crippen LogP contribution in [0.3, 0.4) is 0 Å². The molecule has 2 heterocycles. The van der Waals surface area contributed by atoms with Crippen LogP contribution in [0.1, 0.15) is 22.3 Å². The first-order chi connectivity index (χ1) is 20.5. The molecule has 0 bridgehead atoms. The molecule has 0 radical (unpaired) electrons. The molecule has 1 aromatic heterocycles. The van der Waals surface area contributed by atoms with Crippen molar-refractivity contribution in [3.63, 3.8) is 0 Å². The smallest absolute Gasteiger partial charge is 0.247 e. The zero-order chi connectivity index (χ0) is 28.8. The predicted octanol–water partition coefficient (Wildman–Crippen LogP) is 7.95. The second-order valence-electron chi connectivity index (χ2n) is 11.4. The maximum Gasteiger partial charge on any atom is 0.247 e. The van der Waals surface area contributed by atoms with Crippen LogP contribution in [0.2, 0.25) is 0 Å². The number of pyridine rings is 1. The molecule has 0 amide bonds. The number of hydrogen-bond acceptors (Lipinski definition) is 2. The van der Waals surface area contributed by atoms with E-state index in [2.05, 4.69) is 148 Å². The van der Waals surface area contributed by atoms with Gasteiger partial charge in [-0.3, -0.25) is 4.98 Å². The minimum Gasteiger partial charge on any atom is -0.311 e. The summed E-state index contributed by atoms with van der Waals surface area (Å²) in [5, 5.41) is 0. The summed E-state index contributed by atoms with van der Waals surface area (Å²) in [6, 6.07) is 44.0. The van der Waals surface area contributed by atoms with Crippen molar-refractivity contribution < 1.29 is 0 Å². The highest BCUT2D eigenvalue weighted by molar-refractivity contribution is 6.98. The molecular formula is C39H33BN2. The molecule has 0 saturated heterocycles. The normalized spacial score (nSPS) is 12.2. The van der Waals surface area contributed by atoms with Crippen molar-refractivity contribution in [1.29, 1.82) is 0 Å². The molecule has 2 nitrogen and oxygen atoms in total. The first-order valence-electron chi connectivity index (χ1n) is 14.7. The maximum atomic E-state index is 4.70. The summed E-state index contributed by atoms with van der Waals surface area (Å²) in [6.45, 7) is 9.06. The number of rotatable bonds is 4. The van der Waals surface area contributed by atoms with Gasteiger partial charge in [0.1, 0.15) is 0 Å². The second kappa shape index (κ2) is 10.5. The van der Waals surface area contributed by atoms with Gasteiger partial charge in [-0.1, -0.05) is 114 Å². The monoisotopic (exact) mass is 540 g/mol. The average molecular weight is 541 g/mol. The minimum absolute atomic E-state index is 0.119. The molecule has 0 aliphatic carbocycles. The van der Waals surface area contributed by atoms with Crippen molar-refractivity contribution >= 4 is 40.2 Å². The summed E-state index contributed by atoms with van der Waals surface area (Å²) in [5.41, 5.74) is 17.5. The van der Waals surface area contributed by atoms with Gasteiger partial charge in [0.15, 0.2) is 0 Å². The van der Waals surface area contributed by atoms with Crippen LogP contribution in [0.5, 0.6) is 0 Å². The third-order valence-electron chi connectivity index (χ3n) is 8.72. The Bertz CT molecular complexity index is 1900. The second-order valence-corrected chi connectivity index (χ2v) is 11.4. The van der Waals surface area contributed by atoms with Gasteiger partial charge >= 0.3 is 0 Å². The summed E-state index contributed by atoms with van der Waals surface area (Å²) >= 11 is 0. The molecule has 1 aliphatic heterocycles. The number of para-hydroxylation sites is 2. The molecule has 0 fully saturated rings. The van der Waals surface area contributed by atoms with Crippen molar-refractivity contribution in [2.75, 3.05) is 4.90 Å². The summed E-state index contributed by atoms with van der Waals surface area (Å²) in [6.07, 6.45) is 1.93. The lowest BCUT2D eigenvalue weighted by Gasteiger charge is -2.39. The van der Waals surface area contributed by atoms with Crippen LogP contribution in [0, 0.1) is 27.7 Å². The largest absolute Gasteiger partial charge is 0.311 e. The summed E-state index contributed by atoms with van der Waals surface area (Å²) in [7, 11) is 0. The fraction of sp³-hybridized carbons (Fsp3) is 0.103. The van der Waals surface area contributed by atoms with E-state index in [1.165, 1.54) is 66.8 Å². The summed E-state index contributed by atoms with van der Waals surface area (Å²) < 4.78 is 0. The van der Waals surface area contributed by atoms with Crippen LogP contribution < -0.4 is 21.3 Å². The van der Waals surface area contributed by atoms with Gasteiger partial charge < -0.3 is 4.90 Å². The van der Waals surface area contributed by atoms with Gasteiger partial charge in [-0.2, -0.15) is 0 Å². The molecule has 6 aromatic rings. The lowest BCUT2D eigenvalue weighted by molar-refractivity contribution is 1.22. The van der Waals surface area contributed by atoms with Gasteiger partial charge in [0.25, 0.3) is 0 Å². The Labute approximate surface area is 249 Å².